The van der Waals surface area contributed by atoms with Gasteiger partial charge in [0, 0.05) is 31.6 Å². The Bertz CT molecular complexity index is 499. The van der Waals surface area contributed by atoms with Gasteiger partial charge >= 0.3 is 6.09 Å². The summed E-state index contributed by atoms with van der Waals surface area (Å²) >= 11 is 0. The lowest BCUT2D eigenvalue weighted by atomic mass is 9.92. The van der Waals surface area contributed by atoms with E-state index < -0.39 is 5.60 Å². The van der Waals surface area contributed by atoms with Crippen LogP contribution in [0.1, 0.15) is 32.8 Å². The largest absolute Gasteiger partial charge is 0.444 e. The number of benzene rings is 1. The molecule has 1 amide bonds. The molecule has 1 aromatic carbocycles. The second-order valence-corrected chi connectivity index (χ2v) is 7.26. The first-order chi connectivity index (χ1) is 10.9. The first-order valence-electron chi connectivity index (χ1n) is 8.33. The molecular formula is C18H29N3O2. The standard InChI is InChI=1S/C18H29N3O2/c1-18(2,3)23-17(22)20-16-9-10-21(13-15(16)11-19)12-14-7-5-4-6-8-14/h4-8,15-16H,9-13,19H2,1-3H3,(H,20,22)/t15-,16-/m1/s1. The van der Waals surface area contributed by atoms with E-state index in [2.05, 4.69) is 34.5 Å². The van der Waals surface area contributed by atoms with E-state index in [0.29, 0.717) is 6.54 Å². The number of carbonyl (C=O) groups excluding carboxylic acids is 1. The van der Waals surface area contributed by atoms with Crippen molar-refractivity contribution in [3.8, 4) is 0 Å². The second-order valence-electron chi connectivity index (χ2n) is 7.26. The van der Waals surface area contributed by atoms with Gasteiger partial charge in [-0.3, -0.25) is 4.90 Å². The van der Waals surface area contributed by atoms with E-state index in [1.165, 1.54) is 5.56 Å². The van der Waals surface area contributed by atoms with Gasteiger partial charge in [-0.25, -0.2) is 4.79 Å². The highest BCUT2D eigenvalue weighted by Gasteiger charge is 2.30. The van der Waals surface area contributed by atoms with E-state index in [1.807, 2.05) is 26.8 Å². The molecule has 128 valence electrons. The van der Waals surface area contributed by atoms with Crippen LogP contribution in [0.2, 0.25) is 0 Å². The number of nitrogens with zero attached hydrogens (tertiary/aromatic N) is 1. The van der Waals surface area contributed by atoms with Gasteiger partial charge in [0.05, 0.1) is 0 Å². The van der Waals surface area contributed by atoms with Crippen LogP contribution in [0.3, 0.4) is 0 Å². The number of hydrogen-bond acceptors (Lipinski definition) is 4. The van der Waals surface area contributed by atoms with Crippen LogP contribution in [0.15, 0.2) is 30.3 Å². The van der Waals surface area contributed by atoms with E-state index >= 15 is 0 Å². The van der Waals surface area contributed by atoms with Gasteiger partial charge in [-0.15, -0.1) is 0 Å². The molecule has 0 aromatic heterocycles. The van der Waals surface area contributed by atoms with Gasteiger partial charge in [-0.05, 0) is 39.3 Å². The number of carbonyl (C=O) groups is 1. The van der Waals surface area contributed by atoms with Gasteiger partial charge in [0.1, 0.15) is 5.60 Å². The van der Waals surface area contributed by atoms with Gasteiger partial charge in [0.25, 0.3) is 0 Å². The third-order valence-corrected chi connectivity index (χ3v) is 4.07. The van der Waals surface area contributed by atoms with E-state index in [1.54, 1.807) is 0 Å². The molecule has 1 fully saturated rings. The quantitative estimate of drug-likeness (QED) is 0.894. The number of likely N-dealkylation sites (tertiary alicyclic amines) is 1. The van der Waals surface area contributed by atoms with Gasteiger partial charge in [0.15, 0.2) is 0 Å². The van der Waals surface area contributed by atoms with Crippen LogP contribution in [0.4, 0.5) is 4.79 Å². The molecule has 0 bridgehead atoms. The van der Waals surface area contributed by atoms with Crippen molar-refractivity contribution in [2.75, 3.05) is 19.6 Å². The summed E-state index contributed by atoms with van der Waals surface area (Å²) in [6.07, 6.45) is 0.547. The summed E-state index contributed by atoms with van der Waals surface area (Å²) in [4.78, 5) is 14.4. The minimum Gasteiger partial charge on any atom is -0.444 e. The van der Waals surface area contributed by atoms with Gasteiger partial charge < -0.3 is 15.8 Å². The van der Waals surface area contributed by atoms with Gasteiger partial charge in [0.2, 0.25) is 0 Å². The molecule has 0 saturated carbocycles. The number of amides is 1. The number of piperidine rings is 1. The molecule has 5 heteroatoms. The molecule has 2 atom stereocenters. The molecule has 0 spiro atoms. The van der Waals surface area contributed by atoms with E-state index in [0.717, 1.165) is 26.1 Å². The molecule has 1 aromatic rings. The summed E-state index contributed by atoms with van der Waals surface area (Å²) < 4.78 is 5.35. The molecular weight excluding hydrogens is 290 g/mol. The van der Waals surface area contributed by atoms with Crippen molar-refractivity contribution in [2.45, 2.75) is 45.4 Å². The van der Waals surface area contributed by atoms with Crippen molar-refractivity contribution in [1.29, 1.82) is 0 Å². The van der Waals surface area contributed by atoms with Gasteiger partial charge in [-0.2, -0.15) is 0 Å². The lowest BCUT2D eigenvalue weighted by Gasteiger charge is -2.38. The van der Waals surface area contributed by atoms with Crippen LogP contribution in [0, 0.1) is 5.92 Å². The molecule has 1 aliphatic rings. The van der Waals surface area contributed by atoms with Crippen LogP contribution in [0.25, 0.3) is 0 Å². The third-order valence-electron chi connectivity index (χ3n) is 4.07. The topological polar surface area (TPSA) is 67.6 Å². The highest BCUT2D eigenvalue weighted by molar-refractivity contribution is 5.68. The molecule has 0 radical (unpaired) electrons. The Morgan fingerprint density at radius 1 is 1.35 bits per heavy atom. The maximum Gasteiger partial charge on any atom is 0.407 e. The number of nitrogens with two attached hydrogens (primary N) is 1. The molecule has 0 aliphatic carbocycles. The van der Waals surface area contributed by atoms with Crippen molar-refractivity contribution in [1.82, 2.24) is 10.2 Å². The molecule has 1 heterocycles. The normalized spacial score (nSPS) is 22.6. The SMILES string of the molecule is CC(C)(C)OC(=O)N[C@@H]1CCN(Cc2ccccc2)C[C@H]1CN. The molecule has 1 saturated heterocycles. The molecule has 3 N–H and O–H groups in total. The Morgan fingerprint density at radius 2 is 2.04 bits per heavy atom. The van der Waals surface area contributed by atoms with Crippen molar-refractivity contribution >= 4 is 6.09 Å². The van der Waals surface area contributed by atoms with Crippen LogP contribution < -0.4 is 11.1 Å². The zero-order chi connectivity index (χ0) is 16.9. The lowest BCUT2D eigenvalue weighted by Crippen LogP contribution is -2.53. The third kappa shape index (κ3) is 5.84. The number of rotatable bonds is 4. The van der Waals surface area contributed by atoms with E-state index in [4.69, 9.17) is 10.5 Å². The molecule has 0 unspecified atom stereocenters. The minimum atomic E-state index is -0.476. The fraction of sp³-hybridized carbons (Fsp3) is 0.611. The average Bonchev–Trinajstić information content (AvgIpc) is 2.48. The van der Waals surface area contributed by atoms with Crippen molar-refractivity contribution in [2.24, 2.45) is 11.7 Å². The van der Waals surface area contributed by atoms with E-state index in [-0.39, 0.29) is 18.1 Å². The Morgan fingerprint density at radius 3 is 2.65 bits per heavy atom. The first kappa shape index (κ1) is 17.8. The number of ether oxygens (including phenoxy) is 1. The number of hydrogen-bond donors (Lipinski definition) is 2. The van der Waals surface area contributed by atoms with Crippen molar-refractivity contribution in [3.63, 3.8) is 0 Å². The van der Waals surface area contributed by atoms with Crippen molar-refractivity contribution < 1.29 is 9.53 Å². The summed E-state index contributed by atoms with van der Waals surface area (Å²) in [6, 6.07) is 10.5. The molecule has 23 heavy (non-hydrogen) atoms. The predicted molar refractivity (Wildman–Crippen MR) is 92.0 cm³/mol. The Labute approximate surface area is 139 Å². The zero-order valence-electron chi connectivity index (χ0n) is 14.4. The fourth-order valence-electron chi connectivity index (χ4n) is 2.98. The summed E-state index contributed by atoms with van der Waals surface area (Å²) in [6.45, 7) is 8.94. The average molecular weight is 319 g/mol. The monoisotopic (exact) mass is 319 g/mol. The zero-order valence-corrected chi connectivity index (χ0v) is 14.4. The maximum atomic E-state index is 12.0. The predicted octanol–water partition coefficient (Wildman–Crippen LogP) is 2.36. The summed E-state index contributed by atoms with van der Waals surface area (Å²) in [7, 11) is 0. The summed E-state index contributed by atoms with van der Waals surface area (Å²) in [5, 5.41) is 2.99. The fourth-order valence-corrected chi connectivity index (χ4v) is 2.98. The Balaban J connectivity index is 1.87. The Hall–Kier alpha value is -1.59. The lowest BCUT2D eigenvalue weighted by molar-refractivity contribution is 0.0435. The molecule has 2 rings (SSSR count). The van der Waals surface area contributed by atoms with Crippen molar-refractivity contribution in [3.05, 3.63) is 35.9 Å². The van der Waals surface area contributed by atoms with Crippen LogP contribution in [-0.4, -0.2) is 42.3 Å². The van der Waals surface area contributed by atoms with Crippen LogP contribution in [0.5, 0.6) is 0 Å². The van der Waals surface area contributed by atoms with Crippen LogP contribution >= 0.6 is 0 Å². The van der Waals surface area contributed by atoms with E-state index in [9.17, 15) is 4.79 Å². The minimum absolute atomic E-state index is 0.0851. The molecule has 1 aliphatic heterocycles. The Kier molecular flexibility index (Phi) is 6.02. The second kappa shape index (κ2) is 7.79. The smallest absolute Gasteiger partial charge is 0.407 e. The maximum absolute atomic E-state index is 12.0. The number of nitrogens with one attached hydrogen (secondary N) is 1. The molecule has 5 nitrogen and oxygen atoms in total. The number of alkyl carbamates (subject to hydrolysis) is 1. The first-order valence-corrected chi connectivity index (χ1v) is 8.33. The van der Waals surface area contributed by atoms with Gasteiger partial charge in [-0.1, -0.05) is 30.3 Å². The highest BCUT2D eigenvalue weighted by atomic mass is 16.6. The summed E-state index contributed by atoms with van der Waals surface area (Å²) in [5.74, 6) is 0.250. The highest BCUT2D eigenvalue weighted by Crippen LogP contribution is 2.19. The van der Waals surface area contributed by atoms with Crippen LogP contribution in [-0.2, 0) is 11.3 Å². The summed E-state index contributed by atoms with van der Waals surface area (Å²) in [5.41, 5.74) is 6.76.